The normalized spacial score (nSPS) is 19.5. The quantitative estimate of drug-likeness (QED) is 0.565. The van der Waals surface area contributed by atoms with Gasteiger partial charge in [0.05, 0.1) is 12.2 Å². The third-order valence-electron chi connectivity index (χ3n) is 5.35. The summed E-state index contributed by atoms with van der Waals surface area (Å²) in [6.07, 6.45) is 8.41. The summed E-state index contributed by atoms with van der Waals surface area (Å²) in [4.78, 5) is 20.8. The largest absolute Gasteiger partial charge is 0.367 e. The number of rotatable bonds is 4. The zero-order valence-corrected chi connectivity index (χ0v) is 16.0. The molecule has 4 heterocycles. The molecule has 0 radical (unpaired) electrons. The van der Waals surface area contributed by atoms with Gasteiger partial charge in [0.1, 0.15) is 18.5 Å². The first-order valence-corrected chi connectivity index (χ1v) is 9.70. The Hall–Kier alpha value is -3.56. The summed E-state index contributed by atoms with van der Waals surface area (Å²) in [5, 5.41) is 16.6. The van der Waals surface area contributed by atoms with Gasteiger partial charge in [0.25, 0.3) is 5.56 Å². The van der Waals surface area contributed by atoms with Crippen LogP contribution < -0.4 is 10.9 Å². The second kappa shape index (κ2) is 7.12. The van der Waals surface area contributed by atoms with Crippen molar-refractivity contribution in [1.29, 1.82) is 0 Å². The predicted molar refractivity (Wildman–Crippen MR) is 106 cm³/mol. The number of hydrogen-bond acceptors (Lipinski definition) is 7. The molecule has 0 aromatic carbocycles. The minimum Gasteiger partial charge on any atom is -0.367 e. The van der Waals surface area contributed by atoms with Crippen molar-refractivity contribution < 1.29 is 0 Å². The molecule has 1 aliphatic carbocycles. The Morgan fingerprint density at radius 2 is 1.97 bits per heavy atom. The Bertz CT molecular complexity index is 1190. The second-order valence-electron chi connectivity index (χ2n) is 7.35. The number of nitrogens with zero attached hydrogens (tertiary/aromatic N) is 8. The van der Waals surface area contributed by atoms with Gasteiger partial charge >= 0.3 is 0 Å². The zero-order valence-electron chi connectivity index (χ0n) is 16.0. The van der Waals surface area contributed by atoms with Crippen LogP contribution in [-0.2, 0) is 0 Å². The zero-order chi connectivity index (χ0) is 19.8. The third-order valence-corrected chi connectivity index (χ3v) is 5.35. The Morgan fingerprint density at radius 3 is 2.76 bits per heavy atom. The molecule has 0 aliphatic heterocycles. The van der Waals surface area contributed by atoms with E-state index < -0.39 is 0 Å². The molecule has 0 bridgehead atoms. The van der Waals surface area contributed by atoms with E-state index in [1.165, 1.54) is 6.33 Å². The Morgan fingerprint density at radius 1 is 1.10 bits per heavy atom. The monoisotopic (exact) mass is 391 g/mol. The number of aromatic nitrogens is 8. The Kier molecular flexibility index (Phi) is 4.30. The van der Waals surface area contributed by atoms with Crippen LogP contribution in [0.15, 0.2) is 47.9 Å². The van der Waals surface area contributed by atoms with Crippen LogP contribution in [0.3, 0.4) is 0 Å². The van der Waals surface area contributed by atoms with Crippen LogP contribution in [0.4, 0.5) is 5.82 Å². The van der Waals surface area contributed by atoms with Gasteiger partial charge in [0.2, 0.25) is 0 Å². The van der Waals surface area contributed by atoms with Crippen molar-refractivity contribution in [1.82, 2.24) is 39.1 Å². The average Bonchev–Trinajstić information content (AvgIpc) is 3.41. The van der Waals surface area contributed by atoms with Crippen molar-refractivity contribution in [3.05, 3.63) is 59.2 Å². The molecular weight excluding hydrogens is 370 g/mol. The van der Waals surface area contributed by atoms with Crippen molar-refractivity contribution in [3.63, 3.8) is 0 Å². The molecule has 5 rings (SSSR count). The smallest absolute Gasteiger partial charge is 0.267 e. The van der Waals surface area contributed by atoms with Crippen molar-refractivity contribution in [2.75, 3.05) is 5.32 Å². The summed E-state index contributed by atoms with van der Waals surface area (Å²) < 4.78 is 4.98. The molecule has 0 unspecified atom stereocenters. The lowest BCUT2D eigenvalue weighted by Gasteiger charge is -2.30. The SMILES string of the molecule is Cc1cc(NC2CCC(n3nc(-n4cncn4)ccc3=O)CC2)n2nccc2n1. The van der Waals surface area contributed by atoms with E-state index in [-0.39, 0.29) is 11.6 Å². The van der Waals surface area contributed by atoms with Gasteiger partial charge in [-0.25, -0.2) is 19.3 Å². The van der Waals surface area contributed by atoms with Crippen molar-refractivity contribution in [2.24, 2.45) is 0 Å². The van der Waals surface area contributed by atoms with E-state index in [9.17, 15) is 4.79 Å². The fraction of sp³-hybridized carbons (Fsp3) is 0.368. The number of hydrogen-bond donors (Lipinski definition) is 1. The Labute approximate surface area is 166 Å². The highest BCUT2D eigenvalue weighted by atomic mass is 16.1. The molecule has 4 aromatic rings. The molecule has 148 valence electrons. The molecule has 0 spiro atoms. The van der Waals surface area contributed by atoms with E-state index in [0.717, 1.165) is 42.8 Å². The maximum atomic E-state index is 12.4. The summed E-state index contributed by atoms with van der Waals surface area (Å²) in [6.45, 7) is 1.98. The molecule has 29 heavy (non-hydrogen) atoms. The van der Waals surface area contributed by atoms with Gasteiger partial charge in [0, 0.05) is 29.9 Å². The van der Waals surface area contributed by atoms with Gasteiger partial charge in [-0.3, -0.25) is 4.79 Å². The van der Waals surface area contributed by atoms with E-state index in [0.29, 0.717) is 11.9 Å². The first-order valence-electron chi connectivity index (χ1n) is 9.70. The first-order chi connectivity index (χ1) is 14.2. The lowest BCUT2D eigenvalue weighted by molar-refractivity contribution is 0.302. The van der Waals surface area contributed by atoms with Gasteiger partial charge in [-0.15, -0.1) is 5.10 Å². The fourth-order valence-corrected chi connectivity index (χ4v) is 3.94. The average molecular weight is 391 g/mol. The van der Waals surface area contributed by atoms with Gasteiger partial charge < -0.3 is 5.32 Å². The highest BCUT2D eigenvalue weighted by molar-refractivity contribution is 5.49. The minimum absolute atomic E-state index is 0.0768. The molecule has 4 aromatic heterocycles. The van der Waals surface area contributed by atoms with Crippen LogP contribution in [-0.4, -0.2) is 45.2 Å². The van der Waals surface area contributed by atoms with Crippen LogP contribution in [0, 0.1) is 6.92 Å². The highest BCUT2D eigenvalue weighted by Gasteiger charge is 2.24. The van der Waals surface area contributed by atoms with Crippen molar-refractivity contribution in [3.8, 4) is 5.82 Å². The standard InChI is InChI=1S/C19H21N9O/c1-13-10-18(28-16(23-13)8-9-21-28)24-14-2-4-15(5-3-14)27-19(29)7-6-17(25-27)26-12-20-11-22-26/h6-12,14-15,24H,2-5H2,1H3. The summed E-state index contributed by atoms with van der Waals surface area (Å²) >= 11 is 0. The van der Waals surface area contributed by atoms with Gasteiger partial charge in [-0.2, -0.15) is 14.7 Å². The van der Waals surface area contributed by atoms with Crippen LogP contribution >= 0.6 is 0 Å². The molecule has 10 heteroatoms. The van der Waals surface area contributed by atoms with Crippen LogP contribution in [0.2, 0.25) is 0 Å². The molecule has 1 aliphatic rings. The minimum atomic E-state index is -0.0896. The van der Waals surface area contributed by atoms with E-state index in [2.05, 4.69) is 30.6 Å². The van der Waals surface area contributed by atoms with E-state index >= 15 is 0 Å². The first kappa shape index (κ1) is 17.5. The van der Waals surface area contributed by atoms with Crippen LogP contribution in [0.1, 0.15) is 37.4 Å². The summed E-state index contributed by atoms with van der Waals surface area (Å²) in [7, 11) is 0. The van der Waals surface area contributed by atoms with E-state index in [1.807, 2.05) is 23.6 Å². The molecular formula is C19H21N9O. The van der Waals surface area contributed by atoms with Gasteiger partial charge in [0.15, 0.2) is 11.5 Å². The third kappa shape index (κ3) is 3.37. The maximum Gasteiger partial charge on any atom is 0.267 e. The van der Waals surface area contributed by atoms with Gasteiger partial charge in [-0.1, -0.05) is 0 Å². The number of nitrogens with one attached hydrogen (secondary N) is 1. The molecule has 1 saturated carbocycles. The number of aryl methyl sites for hydroxylation is 1. The summed E-state index contributed by atoms with van der Waals surface area (Å²) in [5.41, 5.74) is 1.70. The van der Waals surface area contributed by atoms with Crippen LogP contribution in [0.25, 0.3) is 11.5 Å². The highest BCUT2D eigenvalue weighted by Crippen LogP contribution is 2.29. The van der Waals surface area contributed by atoms with E-state index in [4.69, 9.17) is 0 Å². The molecule has 1 N–H and O–H groups in total. The molecule has 0 atom stereocenters. The molecule has 0 saturated heterocycles. The van der Waals surface area contributed by atoms with Crippen molar-refractivity contribution >= 4 is 11.5 Å². The Balaban J connectivity index is 1.31. The lowest BCUT2D eigenvalue weighted by Crippen LogP contribution is -2.34. The molecule has 0 amide bonds. The number of fused-ring (bicyclic) bond motifs is 1. The fourth-order valence-electron chi connectivity index (χ4n) is 3.94. The maximum absolute atomic E-state index is 12.4. The lowest BCUT2D eigenvalue weighted by atomic mass is 9.91. The number of anilines is 1. The van der Waals surface area contributed by atoms with Gasteiger partial charge in [-0.05, 0) is 38.7 Å². The summed E-state index contributed by atoms with van der Waals surface area (Å²) in [6, 6.07) is 7.52. The van der Waals surface area contributed by atoms with E-state index in [1.54, 1.807) is 34.0 Å². The second-order valence-corrected chi connectivity index (χ2v) is 7.35. The molecule has 10 nitrogen and oxygen atoms in total. The predicted octanol–water partition coefficient (Wildman–Crippen LogP) is 1.77. The van der Waals surface area contributed by atoms with Crippen LogP contribution in [0.5, 0.6) is 0 Å². The topological polar surface area (TPSA) is 108 Å². The summed E-state index contributed by atoms with van der Waals surface area (Å²) in [5.74, 6) is 1.54. The molecule has 1 fully saturated rings. The van der Waals surface area contributed by atoms with Crippen molar-refractivity contribution in [2.45, 2.75) is 44.7 Å².